The van der Waals surface area contributed by atoms with Gasteiger partial charge in [0.1, 0.15) is 0 Å². The van der Waals surface area contributed by atoms with Gasteiger partial charge in [-0.05, 0) is 12.8 Å². The van der Waals surface area contributed by atoms with Crippen LogP contribution in [-0.2, 0) is 0 Å². The number of nitrogens with two attached hydrogens (primary N) is 3. The summed E-state index contributed by atoms with van der Waals surface area (Å²) in [7, 11) is 0. The fraction of sp³-hybridized carbons (Fsp3) is 0.750. The molecule has 0 rings (SSSR count). The van der Waals surface area contributed by atoms with E-state index in [-0.39, 0.29) is 18.0 Å². The van der Waals surface area contributed by atoms with Gasteiger partial charge in [-0.1, -0.05) is 20.3 Å². The van der Waals surface area contributed by atoms with Crippen molar-refractivity contribution in [3.05, 3.63) is 0 Å². The van der Waals surface area contributed by atoms with Crippen LogP contribution in [0.25, 0.3) is 0 Å². The zero-order valence-electron chi connectivity index (χ0n) is 8.33. The van der Waals surface area contributed by atoms with Crippen LogP contribution in [0.3, 0.4) is 0 Å². The smallest absolute Gasteiger partial charge is 0.218 e. The minimum absolute atomic E-state index is 0.0485. The van der Waals surface area contributed by atoms with Gasteiger partial charge >= 0.3 is 0 Å². The largest absolute Gasteiger partial charge is 0.370 e. The lowest BCUT2D eigenvalue weighted by atomic mass is 10.1. The van der Waals surface area contributed by atoms with E-state index in [1.54, 1.807) is 0 Å². The average Bonchev–Trinajstić information content (AvgIpc) is 2.02. The van der Waals surface area contributed by atoms with Crippen LogP contribution in [0.5, 0.6) is 0 Å². The molecule has 0 aromatic rings. The molecule has 0 saturated heterocycles. The highest BCUT2D eigenvalue weighted by atomic mass is 15.1. The van der Waals surface area contributed by atoms with E-state index in [2.05, 4.69) is 23.8 Å². The van der Waals surface area contributed by atoms with Gasteiger partial charge in [0.15, 0.2) is 5.96 Å². The van der Waals surface area contributed by atoms with Crippen molar-refractivity contribution >= 4 is 11.9 Å². The van der Waals surface area contributed by atoms with E-state index in [1.165, 1.54) is 0 Å². The molecule has 0 amide bonds. The topological polar surface area (TPSA) is 103 Å². The summed E-state index contributed by atoms with van der Waals surface area (Å²) < 4.78 is 0. The summed E-state index contributed by atoms with van der Waals surface area (Å²) >= 11 is 0. The second-order valence-electron chi connectivity index (χ2n) is 2.87. The van der Waals surface area contributed by atoms with E-state index < -0.39 is 0 Å². The number of hydrogen-bond donors (Lipinski definition) is 3. The minimum Gasteiger partial charge on any atom is -0.370 e. The van der Waals surface area contributed by atoms with Gasteiger partial charge < -0.3 is 17.2 Å². The lowest BCUT2D eigenvalue weighted by Gasteiger charge is -2.07. The molecule has 1 atom stereocenters. The van der Waals surface area contributed by atoms with E-state index in [0.29, 0.717) is 0 Å². The van der Waals surface area contributed by atoms with Crippen molar-refractivity contribution in [3.8, 4) is 0 Å². The molecule has 5 nitrogen and oxygen atoms in total. The number of rotatable bonds is 4. The van der Waals surface area contributed by atoms with Gasteiger partial charge in [-0.25, -0.2) is 4.99 Å². The number of aliphatic imine (C=N–C) groups is 2. The van der Waals surface area contributed by atoms with Crippen molar-refractivity contribution in [1.29, 1.82) is 0 Å². The molecule has 0 heterocycles. The SMILES string of the molecule is CCCC(CC)N=C(N)N=C(N)N. The van der Waals surface area contributed by atoms with Gasteiger partial charge in [-0.2, -0.15) is 4.99 Å². The van der Waals surface area contributed by atoms with Crippen LogP contribution in [-0.4, -0.2) is 18.0 Å². The summed E-state index contributed by atoms with van der Waals surface area (Å²) in [5.41, 5.74) is 15.8. The molecule has 0 aliphatic carbocycles. The standard InChI is InChI=1S/C8H19N5/c1-3-5-6(4-2)12-8(11)13-7(9)10/h6H,3-5H2,1-2H3,(H6,9,10,11,12,13). The predicted octanol–water partition coefficient (Wildman–Crippen LogP) is 0.153. The highest BCUT2D eigenvalue weighted by Crippen LogP contribution is 2.05. The van der Waals surface area contributed by atoms with Crippen LogP contribution in [0.15, 0.2) is 9.98 Å². The van der Waals surface area contributed by atoms with Gasteiger partial charge in [0.05, 0.1) is 6.04 Å². The molecular weight excluding hydrogens is 166 g/mol. The van der Waals surface area contributed by atoms with Gasteiger partial charge in [0, 0.05) is 0 Å². The maximum atomic E-state index is 5.48. The first-order valence-electron chi connectivity index (χ1n) is 4.53. The third-order valence-electron chi connectivity index (χ3n) is 1.65. The summed E-state index contributed by atoms with van der Waals surface area (Å²) in [5, 5.41) is 0. The summed E-state index contributed by atoms with van der Waals surface area (Å²) in [6, 6.07) is 0.230. The fourth-order valence-corrected chi connectivity index (χ4v) is 1.04. The Morgan fingerprint density at radius 1 is 1.23 bits per heavy atom. The molecule has 13 heavy (non-hydrogen) atoms. The third-order valence-corrected chi connectivity index (χ3v) is 1.65. The molecule has 5 heteroatoms. The first-order chi connectivity index (χ1) is 6.10. The van der Waals surface area contributed by atoms with Crippen LogP contribution < -0.4 is 17.2 Å². The van der Waals surface area contributed by atoms with E-state index in [4.69, 9.17) is 17.2 Å². The van der Waals surface area contributed by atoms with Crippen molar-refractivity contribution in [3.63, 3.8) is 0 Å². The van der Waals surface area contributed by atoms with Gasteiger partial charge in [0.2, 0.25) is 5.96 Å². The highest BCUT2D eigenvalue weighted by molar-refractivity contribution is 5.92. The normalized spacial score (nSPS) is 13.8. The monoisotopic (exact) mass is 185 g/mol. The van der Waals surface area contributed by atoms with Crippen molar-refractivity contribution in [1.82, 2.24) is 0 Å². The molecule has 0 bridgehead atoms. The van der Waals surface area contributed by atoms with E-state index in [1.807, 2.05) is 0 Å². The number of hydrogen-bond acceptors (Lipinski definition) is 1. The zero-order chi connectivity index (χ0) is 10.3. The fourth-order valence-electron chi connectivity index (χ4n) is 1.04. The maximum absolute atomic E-state index is 5.48. The number of nitrogens with zero attached hydrogens (tertiary/aromatic N) is 2. The average molecular weight is 185 g/mol. The molecule has 0 saturated carbocycles. The Balaban J connectivity index is 4.24. The molecular formula is C8H19N5. The lowest BCUT2D eigenvalue weighted by Crippen LogP contribution is -2.27. The van der Waals surface area contributed by atoms with Crippen LogP contribution in [0.2, 0.25) is 0 Å². The van der Waals surface area contributed by atoms with Crippen molar-refractivity contribution < 1.29 is 0 Å². The molecule has 0 aromatic heterocycles. The van der Waals surface area contributed by atoms with E-state index in [0.717, 1.165) is 19.3 Å². The van der Waals surface area contributed by atoms with Crippen LogP contribution in [0.1, 0.15) is 33.1 Å². The van der Waals surface area contributed by atoms with Crippen LogP contribution in [0, 0.1) is 0 Å². The Bertz CT molecular complexity index is 193. The van der Waals surface area contributed by atoms with Crippen molar-refractivity contribution in [2.75, 3.05) is 0 Å². The first-order valence-corrected chi connectivity index (χ1v) is 4.53. The van der Waals surface area contributed by atoms with Crippen molar-refractivity contribution in [2.24, 2.45) is 27.2 Å². The summed E-state index contributed by atoms with van der Waals surface area (Å²) in [4.78, 5) is 7.82. The Kier molecular flexibility index (Phi) is 5.67. The Labute approximate surface area is 79.1 Å². The Morgan fingerprint density at radius 3 is 2.23 bits per heavy atom. The molecule has 0 aromatic carbocycles. The molecule has 6 N–H and O–H groups in total. The first kappa shape index (κ1) is 11.7. The maximum Gasteiger partial charge on any atom is 0.218 e. The molecule has 76 valence electrons. The number of guanidine groups is 2. The molecule has 0 spiro atoms. The predicted molar refractivity (Wildman–Crippen MR) is 56.4 cm³/mol. The third kappa shape index (κ3) is 5.95. The minimum atomic E-state index is -0.0485. The molecule has 0 aliphatic rings. The molecule has 1 unspecified atom stereocenters. The Morgan fingerprint density at radius 2 is 1.85 bits per heavy atom. The lowest BCUT2D eigenvalue weighted by molar-refractivity contribution is 0.588. The van der Waals surface area contributed by atoms with Crippen LogP contribution in [0.4, 0.5) is 0 Å². The summed E-state index contributed by atoms with van der Waals surface area (Å²) in [6.07, 6.45) is 3.04. The molecule has 0 radical (unpaired) electrons. The molecule has 0 fully saturated rings. The Hall–Kier alpha value is -1.26. The van der Waals surface area contributed by atoms with Crippen LogP contribution >= 0.6 is 0 Å². The molecule has 0 aliphatic heterocycles. The van der Waals surface area contributed by atoms with Gasteiger partial charge in [-0.3, -0.25) is 0 Å². The second-order valence-corrected chi connectivity index (χ2v) is 2.87. The van der Waals surface area contributed by atoms with E-state index in [9.17, 15) is 0 Å². The van der Waals surface area contributed by atoms with Gasteiger partial charge in [0.25, 0.3) is 0 Å². The summed E-state index contributed by atoms with van der Waals surface area (Å²) in [6.45, 7) is 4.17. The highest BCUT2D eigenvalue weighted by Gasteiger charge is 2.02. The zero-order valence-corrected chi connectivity index (χ0v) is 8.33. The van der Waals surface area contributed by atoms with Crippen molar-refractivity contribution in [2.45, 2.75) is 39.2 Å². The summed E-state index contributed by atoms with van der Waals surface area (Å²) in [5.74, 6) is 0.118. The van der Waals surface area contributed by atoms with Gasteiger partial charge in [-0.15, -0.1) is 0 Å². The van der Waals surface area contributed by atoms with E-state index >= 15 is 0 Å². The quantitative estimate of drug-likeness (QED) is 0.429. The second kappa shape index (κ2) is 6.28.